The van der Waals surface area contributed by atoms with Crippen molar-refractivity contribution in [2.45, 2.75) is 6.42 Å². The minimum absolute atomic E-state index is 0.140. The van der Waals surface area contributed by atoms with Gasteiger partial charge in [0.1, 0.15) is 5.82 Å². The molecule has 1 aromatic rings. The van der Waals surface area contributed by atoms with Crippen molar-refractivity contribution in [1.29, 1.82) is 5.26 Å². The van der Waals surface area contributed by atoms with Gasteiger partial charge in [-0.2, -0.15) is 5.26 Å². The van der Waals surface area contributed by atoms with E-state index in [1.807, 2.05) is 6.07 Å². The molecule has 0 aliphatic rings. The standard InChI is InChI=1S/C9H7F3N2/c10-6-4-8(12)9(5-7(6)11)14-3-1-2-13/h4-5,14H,1,3H2. The zero-order valence-electron chi connectivity index (χ0n) is 7.15. The van der Waals surface area contributed by atoms with Crippen LogP contribution in [0.4, 0.5) is 18.9 Å². The van der Waals surface area contributed by atoms with E-state index in [0.29, 0.717) is 6.07 Å². The van der Waals surface area contributed by atoms with E-state index in [-0.39, 0.29) is 18.7 Å². The summed E-state index contributed by atoms with van der Waals surface area (Å²) in [5, 5.41) is 10.7. The highest BCUT2D eigenvalue weighted by molar-refractivity contribution is 5.45. The van der Waals surface area contributed by atoms with E-state index >= 15 is 0 Å². The van der Waals surface area contributed by atoms with Crippen LogP contribution in [-0.2, 0) is 0 Å². The highest BCUT2D eigenvalue weighted by atomic mass is 19.2. The van der Waals surface area contributed by atoms with E-state index in [9.17, 15) is 13.2 Å². The van der Waals surface area contributed by atoms with Gasteiger partial charge in [-0.05, 0) is 0 Å². The van der Waals surface area contributed by atoms with Crippen LogP contribution >= 0.6 is 0 Å². The second-order valence-electron chi connectivity index (χ2n) is 2.58. The minimum atomic E-state index is -1.23. The lowest BCUT2D eigenvalue weighted by molar-refractivity contribution is 0.496. The van der Waals surface area contributed by atoms with Crippen LogP contribution in [0.2, 0.25) is 0 Å². The minimum Gasteiger partial charge on any atom is -0.382 e. The molecule has 0 unspecified atom stereocenters. The molecule has 0 spiro atoms. The Morgan fingerprint density at radius 2 is 1.79 bits per heavy atom. The summed E-state index contributed by atoms with van der Waals surface area (Å²) in [7, 11) is 0. The number of nitrogens with zero attached hydrogens (tertiary/aromatic N) is 1. The van der Waals surface area contributed by atoms with Gasteiger partial charge in [0.2, 0.25) is 0 Å². The monoisotopic (exact) mass is 200 g/mol. The third-order valence-corrected chi connectivity index (χ3v) is 1.56. The van der Waals surface area contributed by atoms with Crippen LogP contribution < -0.4 is 5.32 Å². The van der Waals surface area contributed by atoms with Gasteiger partial charge in [-0.25, -0.2) is 13.2 Å². The van der Waals surface area contributed by atoms with E-state index in [0.717, 1.165) is 6.07 Å². The van der Waals surface area contributed by atoms with Crippen molar-refractivity contribution < 1.29 is 13.2 Å². The molecule has 0 atom stereocenters. The quantitative estimate of drug-likeness (QED) is 0.600. The lowest BCUT2D eigenvalue weighted by atomic mass is 10.2. The second-order valence-corrected chi connectivity index (χ2v) is 2.58. The maximum absolute atomic E-state index is 12.9. The SMILES string of the molecule is N#CCCNc1cc(F)c(F)cc1F. The number of rotatable bonds is 3. The summed E-state index contributed by atoms with van der Waals surface area (Å²) < 4.78 is 38.0. The van der Waals surface area contributed by atoms with Crippen LogP contribution in [0.1, 0.15) is 6.42 Å². The predicted molar refractivity (Wildman–Crippen MR) is 45.0 cm³/mol. The molecule has 1 N–H and O–H groups in total. The molecule has 0 saturated carbocycles. The first-order valence-electron chi connectivity index (χ1n) is 3.90. The maximum atomic E-state index is 12.9. The Balaban J connectivity index is 2.78. The van der Waals surface area contributed by atoms with Gasteiger partial charge < -0.3 is 5.32 Å². The fourth-order valence-corrected chi connectivity index (χ4v) is 0.911. The van der Waals surface area contributed by atoms with Crippen molar-refractivity contribution in [3.05, 3.63) is 29.6 Å². The van der Waals surface area contributed by atoms with E-state index in [2.05, 4.69) is 5.32 Å². The van der Waals surface area contributed by atoms with E-state index in [1.165, 1.54) is 0 Å². The summed E-state index contributed by atoms with van der Waals surface area (Å²) in [6, 6.07) is 3.02. The third kappa shape index (κ3) is 2.39. The van der Waals surface area contributed by atoms with E-state index in [1.54, 1.807) is 0 Å². The first kappa shape index (κ1) is 10.4. The molecule has 74 valence electrons. The lowest BCUT2D eigenvalue weighted by Gasteiger charge is -2.05. The molecule has 0 aliphatic heterocycles. The average molecular weight is 200 g/mol. The fourth-order valence-electron chi connectivity index (χ4n) is 0.911. The van der Waals surface area contributed by atoms with Crippen molar-refractivity contribution in [3.8, 4) is 6.07 Å². The molecule has 0 amide bonds. The number of anilines is 1. The summed E-state index contributed by atoms with van der Waals surface area (Å²) in [5.74, 6) is -3.22. The van der Waals surface area contributed by atoms with Crippen LogP contribution in [0.3, 0.4) is 0 Å². The molecule has 0 aromatic heterocycles. The normalized spacial score (nSPS) is 9.57. The zero-order chi connectivity index (χ0) is 10.6. The Kier molecular flexibility index (Phi) is 3.35. The number of hydrogen-bond donors (Lipinski definition) is 1. The molecule has 1 rings (SSSR count). The van der Waals surface area contributed by atoms with E-state index in [4.69, 9.17) is 5.26 Å². The van der Waals surface area contributed by atoms with Crippen molar-refractivity contribution >= 4 is 5.69 Å². The third-order valence-electron chi connectivity index (χ3n) is 1.56. The maximum Gasteiger partial charge on any atom is 0.161 e. The highest BCUT2D eigenvalue weighted by Gasteiger charge is 2.08. The van der Waals surface area contributed by atoms with Crippen LogP contribution in [0, 0.1) is 28.8 Å². The summed E-state index contributed by atoms with van der Waals surface area (Å²) >= 11 is 0. The summed E-state index contributed by atoms with van der Waals surface area (Å²) in [6.45, 7) is 0.193. The molecule has 0 heterocycles. The Labute approximate surface area is 79.0 Å². The van der Waals surface area contributed by atoms with Gasteiger partial charge in [0.15, 0.2) is 11.6 Å². The predicted octanol–water partition coefficient (Wildman–Crippen LogP) is 2.43. The topological polar surface area (TPSA) is 35.8 Å². The molecular weight excluding hydrogens is 193 g/mol. The Morgan fingerprint density at radius 3 is 2.43 bits per heavy atom. The molecule has 1 aromatic carbocycles. The van der Waals surface area contributed by atoms with E-state index < -0.39 is 17.5 Å². The van der Waals surface area contributed by atoms with Crippen molar-refractivity contribution in [1.82, 2.24) is 0 Å². The molecule has 0 radical (unpaired) electrons. The Hall–Kier alpha value is -1.70. The number of nitriles is 1. The molecule has 5 heteroatoms. The fraction of sp³-hybridized carbons (Fsp3) is 0.222. The highest BCUT2D eigenvalue weighted by Crippen LogP contribution is 2.17. The Morgan fingerprint density at radius 1 is 1.14 bits per heavy atom. The van der Waals surface area contributed by atoms with Gasteiger partial charge in [0, 0.05) is 18.7 Å². The molecule has 2 nitrogen and oxygen atoms in total. The second kappa shape index (κ2) is 4.51. The van der Waals surface area contributed by atoms with Gasteiger partial charge in [-0.1, -0.05) is 0 Å². The molecule has 0 fully saturated rings. The van der Waals surface area contributed by atoms with Gasteiger partial charge in [0.25, 0.3) is 0 Å². The number of benzene rings is 1. The number of nitrogens with one attached hydrogen (secondary N) is 1. The van der Waals surface area contributed by atoms with Crippen molar-refractivity contribution in [2.24, 2.45) is 0 Å². The molecule has 0 aliphatic carbocycles. The Bertz CT molecular complexity index is 371. The summed E-state index contributed by atoms with van der Waals surface area (Å²) in [4.78, 5) is 0. The van der Waals surface area contributed by atoms with Gasteiger partial charge in [-0.3, -0.25) is 0 Å². The lowest BCUT2D eigenvalue weighted by Crippen LogP contribution is -2.03. The molecular formula is C9H7F3N2. The first-order valence-corrected chi connectivity index (χ1v) is 3.90. The van der Waals surface area contributed by atoms with Gasteiger partial charge in [-0.15, -0.1) is 0 Å². The van der Waals surface area contributed by atoms with Crippen LogP contribution in [0.5, 0.6) is 0 Å². The molecule has 0 saturated heterocycles. The van der Waals surface area contributed by atoms with Crippen LogP contribution in [0.15, 0.2) is 12.1 Å². The largest absolute Gasteiger partial charge is 0.382 e. The molecule has 14 heavy (non-hydrogen) atoms. The van der Waals surface area contributed by atoms with Crippen molar-refractivity contribution in [3.63, 3.8) is 0 Å². The zero-order valence-corrected chi connectivity index (χ0v) is 7.15. The first-order chi connectivity index (χ1) is 6.65. The van der Waals surface area contributed by atoms with Crippen molar-refractivity contribution in [2.75, 3.05) is 11.9 Å². The van der Waals surface area contributed by atoms with Crippen LogP contribution in [-0.4, -0.2) is 6.54 Å². The summed E-state index contributed by atoms with van der Waals surface area (Å²) in [5.41, 5.74) is -0.140. The molecule has 0 bridgehead atoms. The average Bonchev–Trinajstić information content (AvgIpc) is 2.14. The smallest absolute Gasteiger partial charge is 0.161 e. The van der Waals surface area contributed by atoms with Gasteiger partial charge in [0.05, 0.1) is 18.2 Å². The van der Waals surface area contributed by atoms with Gasteiger partial charge >= 0.3 is 0 Å². The summed E-state index contributed by atoms with van der Waals surface area (Å²) in [6.07, 6.45) is 0.165. The number of hydrogen-bond acceptors (Lipinski definition) is 2. The van der Waals surface area contributed by atoms with Crippen LogP contribution in [0.25, 0.3) is 0 Å². The number of halogens is 3.